The second-order valence-corrected chi connectivity index (χ2v) is 5.26. The third-order valence-corrected chi connectivity index (χ3v) is 3.92. The van der Waals surface area contributed by atoms with E-state index in [-0.39, 0.29) is 5.91 Å². The number of methoxy groups -OCH3 is 1. The van der Waals surface area contributed by atoms with Crippen LogP contribution in [0.2, 0.25) is 0 Å². The van der Waals surface area contributed by atoms with Crippen LogP contribution in [-0.2, 0) is 9.53 Å². The predicted molar refractivity (Wildman–Crippen MR) is 76.4 cm³/mol. The van der Waals surface area contributed by atoms with E-state index in [9.17, 15) is 4.79 Å². The Hall–Kier alpha value is -1.89. The number of carbonyl (C=O) groups excluding carboxylic acids is 1. The van der Waals surface area contributed by atoms with Gasteiger partial charge in [-0.1, -0.05) is 0 Å². The van der Waals surface area contributed by atoms with Crippen LogP contribution in [0.4, 0.5) is 5.82 Å². The molecule has 1 unspecified atom stereocenters. The Morgan fingerprint density at radius 2 is 2.14 bits per heavy atom. The first-order valence-electron chi connectivity index (χ1n) is 7.29. The Morgan fingerprint density at radius 1 is 1.33 bits per heavy atom. The second kappa shape index (κ2) is 6.26. The van der Waals surface area contributed by atoms with Gasteiger partial charge >= 0.3 is 0 Å². The van der Waals surface area contributed by atoms with Crippen molar-refractivity contribution in [2.24, 2.45) is 0 Å². The number of aromatic nitrogens is 2. The number of rotatable bonds is 3. The highest BCUT2D eigenvalue weighted by molar-refractivity contribution is 5.82. The zero-order chi connectivity index (χ0) is 14.7. The number of morpholine rings is 1. The van der Waals surface area contributed by atoms with Gasteiger partial charge in [-0.25, -0.2) is 9.97 Å². The van der Waals surface area contributed by atoms with E-state index in [1.54, 1.807) is 13.2 Å². The molecule has 0 radical (unpaired) electrons. The summed E-state index contributed by atoms with van der Waals surface area (Å²) in [5.41, 5.74) is 0. The summed E-state index contributed by atoms with van der Waals surface area (Å²) >= 11 is 0. The van der Waals surface area contributed by atoms with Gasteiger partial charge in [-0.2, -0.15) is 0 Å². The fourth-order valence-electron chi connectivity index (χ4n) is 2.76. The Labute approximate surface area is 123 Å². The zero-order valence-electron chi connectivity index (χ0n) is 12.2. The molecule has 1 aromatic rings. The van der Waals surface area contributed by atoms with E-state index < -0.39 is 6.10 Å². The maximum Gasteiger partial charge on any atom is 0.253 e. The van der Waals surface area contributed by atoms with Gasteiger partial charge in [0, 0.05) is 25.7 Å². The maximum atomic E-state index is 12.4. The molecule has 21 heavy (non-hydrogen) atoms. The van der Waals surface area contributed by atoms with Crippen molar-refractivity contribution in [2.75, 3.05) is 44.8 Å². The van der Waals surface area contributed by atoms with Crippen molar-refractivity contribution in [1.82, 2.24) is 14.9 Å². The molecule has 1 aromatic heterocycles. The van der Waals surface area contributed by atoms with Gasteiger partial charge in [0.25, 0.3) is 5.91 Å². The standard InChI is InChI=1S/C14H20N4O3/c1-20-13-8-12(15-10-16-13)18-6-7-21-11(9-18)14(19)17-4-2-3-5-17/h8,10-11H,2-7,9H2,1H3. The third kappa shape index (κ3) is 3.07. The summed E-state index contributed by atoms with van der Waals surface area (Å²) in [5, 5.41) is 0. The number of likely N-dealkylation sites (tertiary alicyclic amines) is 1. The number of amides is 1. The first-order valence-corrected chi connectivity index (χ1v) is 7.29. The van der Waals surface area contributed by atoms with Crippen molar-refractivity contribution in [2.45, 2.75) is 18.9 Å². The van der Waals surface area contributed by atoms with E-state index in [0.717, 1.165) is 31.7 Å². The average Bonchev–Trinajstić information content (AvgIpc) is 3.09. The minimum absolute atomic E-state index is 0.0956. The van der Waals surface area contributed by atoms with Crippen molar-refractivity contribution >= 4 is 11.7 Å². The molecule has 0 N–H and O–H groups in total. The normalized spacial score (nSPS) is 22.4. The Bertz CT molecular complexity index is 505. The van der Waals surface area contributed by atoms with E-state index in [0.29, 0.717) is 25.6 Å². The summed E-state index contributed by atoms with van der Waals surface area (Å²) in [6, 6.07) is 1.78. The van der Waals surface area contributed by atoms with Crippen molar-refractivity contribution in [1.29, 1.82) is 0 Å². The first kappa shape index (κ1) is 14.1. The lowest BCUT2D eigenvalue weighted by atomic mass is 10.2. The van der Waals surface area contributed by atoms with Crippen LogP contribution >= 0.6 is 0 Å². The van der Waals surface area contributed by atoms with Crippen molar-refractivity contribution in [3.05, 3.63) is 12.4 Å². The van der Waals surface area contributed by atoms with E-state index in [1.807, 2.05) is 9.80 Å². The molecule has 7 nitrogen and oxygen atoms in total. The molecule has 3 heterocycles. The number of nitrogens with zero attached hydrogens (tertiary/aromatic N) is 4. The number of hydrogen-bond acceptors (Lipinski definition) is 6. The molecule has 2 fully saturated rings. The molecule has 2 aliphatic rings. The van der Waals surface area contributed by atoms with Crippen molar-refractivity contribution < 1.29 is 14.3 Å². The van der Waals surface area contributed by atoms with Gasteiger partial charge in [0.05, 0.1) is 20.3 Å². The SMILES string of the molecule is COc1cc(N2CCOC(C(=O)N3CCCC3)C2)ncn1. The molecule has 0 aromatic carbocycles. The van der Waals surface area contributed by atoms with Gasteiger partial charge in [0.15, 0.2) is 6.10 Å². The third-order valence-electron chi connectivity index (χ3n) is 3.92. The van der Waals surface area contributed by atoms with Gasteiger partial charge in [-0.3, -0.25) is 4.79 Å². The van der Waals surface area contributed by atoms with Crippen LogP contribution in [0.15, 0.2) is 12.4 Å². The van der Waals surface area contributed by atoms with Gasteiger partial charge in [0.1, 0.15) is 12.1 Å². The Morgan fingerprint density at radius 3 is 2.90 bits per heavy atom. The van der Waals surface area contributed by atoms with Gasteiger partial charge < -0.3 is 19.3 Å². The average molecular weight is 292 g/mol. The predicted octanol–water partition coefficient (Wildman–Crippen LogP) is 0.313. The zero-order valence-corrected chi connectivity index (χ0v) is 12.2. The topological polar surface area (TPSA) is 67.8 Å². The fraction of sp³-hybridized carbons (Fsp3) is 0.643. The van der Waals surface area contributed by atoms with Crippen LogP contribution in [0.1, 0.15) is 12.8 Å². The molecule has 0 saturated carbocycles. The monoisotopic (exact) mass is 292 g/mol. The molecular weight excluding hydrogens is 272 g/mol. The highest BCUT2D eigenvalue weighted by atomic mass is 16.5. The number of ether oxygens (including phenoxy) is 2. The van der Waals surface area contributed by atoms with Crippen molar-refractivity contribution in [3.8, 4) is 5.88 Å². The van der Waals surface area contributed by atoms with Crippen LogP contribution < -0.4 is 9.64 Å². The largest absolute Gasteiger partial charge is 0.481 e. The number of carbonyl (C=O) groups is 1. The van der Waals surface area contributed by atoms with Crippen LogP contribution in [0, 0.1) is 0 Å². The van der Waals surface area contributed by atoms with Crippen molar-refractivity contribution in [3.63, 3.8) is 0 Å². The lowest BCUT2D eigenvalue weighted by Crippen LogP contribution is -2.50. The molecule has 7 heteroatoms. The first-order chi connectivity index (χ1) is 10.3. The summed E-state index contributed by atoms with van der Waals surface area (Å²) in [6.07, 6.45) is 3.25. The van der Waals surface area contributed by atoms with E-state index in [4.69, 9.17) is 9.47 Å². The highest BCUT2D eigenvalue weighted by Gasteiger charge is 2.32. The summed E-state index contributed by atoms with van der Waals surface area (Å²) in [7, 11) is 1.57. The van der Waals surface area contributed by atoms with Crippen LogP contribution in [0.5, 0.6) is 5.88 Å². The minimum Gasteiger partial charge on any atom is -0.481 e. The van der Waals surface area contributed by atoms with Gasteiger partial charge in [-0.15, -0.1) is 0 Å². The Balaban J connectivity index is 1.68. The molecule has 114 valence electrons. The lowest BCUT2D eigenvalue weighted by Gasteiger charge is -2.34. The second-order valence-electron chi connectivity index (χ2n) is 5.26. The summed E-state index contributed by atoms with van der Waals surface area (Å²) in [5.74, 6) is 1.39. The smallest absolute Gasteiger partial charge is 0.253 e. The minimum atomic E-state index is -0.405. The van der Waals surface area contributed by atoms with Crippen LogP contribution in [0.25, 0.3) is 0 Å². The molecule has 1 atom stereocenters. The Kier molecular flexibility index (Phi) is 4.19. The van der Waals surface area contributed by atoms with E-state index >= 15 is 0 Å². The summed E-state index contributed by atoms with van der Waals surface area (Å²) < 4.78 is 10.8. The van der Waals surface area contributed by atoms with E-state index in [1.165, 1.54) is 6.33 Å². The summed E-state index contributed by atoms with van der Waals surface area (Å²) in [4.78, 5) is 24.6. The van der Waals surface area contributed by atoms with Gasteiger partial charge in [-0.05, 0) is 12.8 Å². The molecule has 1 amide bonds. The molecule has 0 spiro atoms. The van der Waals surface area contributed by atoms with Crippen LogP contribution in [0.3, 0.4) is 0 Å². The number of hydrogen-bond donors (Lipinski definition) is 0. The lowest BCUT2D eigenvalue weighted by molar-refractivity contribution is -0.143. The fourth-order valence-corrected chi connectivity index (χ4v) is 2.76. The molecule has 0 aliphatic carbocycles. The molecule has 0 bridgehead atoms. The molecule has 2 aliphatic heterocycles. The van der Waals surface area contributed by atoms with Gasteiger partial charge in [0.2, 0.25) is 5.88 Å². The number of anilines is 1. The highest BCUT2D eigenvalue weighted by Crippen LogP contribution is 2.20. The van der Waals surface area contributed by atoms with Crippen LogP contribution in [-0.4, -0.2) is 66.8 Å². The maximum absolute atomic E-state index is 12.4. The molecular formula is C14H20N4O3. The van der Waals surface area contributed by atoms with E-state index in [2.05, 4.69) is 9.97 Å². The summed E-state index contributed by atoms with van der Waals surface area (Å²) in [6.45, 7) is 3.45. The molecule has 3 rings (SSSR count). The quantitative estimate of drug-likeness (QED) is 0.799. The molecule has 2 saturated heterocycles.